The van der Waals surface area contributed by atoms with Crippen molar-refractivity contribution in [1.29, 1.82) is 0 Å². The Kier molecular flexibility index (Phi) is 6.72. The second-order valence-electron chi connectivity index (χ2n) is 7.48. The summed E-state index contributed by atoms with van der Waals surface area (Å²) >= 11 is 0. The molecule has 31 heavy (non-hydrogen) atoms. The Balaban J connectivity index is 1.58. The fourth-order valence-corrected chi connectivity index (χ4v) is 3.62. The molecule has 4 nitrogen and oxygen atoms in total. The molecule has 0 aliphatic heterocycles. The largest absolute Gasteiger partial charge is 0.394 e. The lowest BCUT2D eigenvalue weighted by Gasteiger charge is -2.30. The van der Waals surface area contributed by atoms with Crippen LogP contribution in [0.15, 0.2) is 103 Å². The van der Waals surface area contributed by atoms with Crippen molar-refractivity contribution in [2.24, 2.45) is 0 Å². The van der Waals surface area contributed by atoms with E-state index in [-0.39, 0.29) is 19.1 Å². The topological polar surface area (TPSA) is 49.8 Å². The van der Waals surface area contributed by atoms with Gasteiger partial charge >= 0.3 is 0 Å². The molecule has 4 rings (SSSR count). The summed E-state index contributed by atoms with van der Waals surface area (Å²) in [6, 6.07) is 32.5. The molecule has 0 spiro atoms. The lowest BCUT2D eigenvalue weighted by Crippen LogP contribution is -2.43. The lowest BCUT2D eigenvalue weighted by atomic mass is 10.1. The third kappa shape index (κ3) is 5.18. The van der Waals surface area contributed by atoms with Gasteiger partial charge in [0.25, 0.3) is 5.91 Å². The van der Waals surface area contributed by atoms with Crippen LogP contribution in [-0.4, -0.2) is 28.7 Å². The summed E-state index contributed by atoms with van der Waals surface area (Å²) in [4.78, 5) is 19.3. The Hall–Kier alpha value is -3.47. The van der Waals surface area contributed by atoms with Crippen LogP contribution in [0.4, 0.5) is 0 Å². The van der Waals surface area contributed by atoms with Gasteiger partial charge in [-0.05, 0) is 46.5 Å². The molecule has 0 heterocycles. The summed E-state index contributed by atoms with van der Waals surface area (Å²) in [6.07, 6.45) is 0.494. The number of fused-ring (bicyclic) bond motifs is 1. The summed E-state index contributed by atoms with van der Waals surface area (Å²) in [5.74, 6) is -0.267. The van der Waals surface area contributed by atoms with Crippen molar-refractivity contribution in [3.63, 3.8) is 0 Å². The molecular weight excluding hydrogens is 386 g/mol. The summed E-state index contributed by atoms with van der Waals surface area (Å²) < 4.78 is 0. The van der Waals surface area contributed by atoms with Crippen molar-refractivity contribution in [2.45, 2.75) is 19.1 Å². The van der Waals surface area contributed by atoms with E-state index in [4.69, 9.17) is 4.84 Å². The third-order valence-corrected chi connectivity index (χ3v) is 5.26. The average Bonchev–Trinajstić information content (AvgIpc) is 2.84. The summed E-state index contributed by atoms with van der Waals surface area (Å²) in [7, 11) is 0. The van der Waals surface area contributed by atoms with Gasteiger partial charge in [-0.3, -0.25) is 9.63 Å². The molecule has 4 heteroatoms. The Morgan fingerprint density at radius 3 is 2.13 bits per heavy atom. The highest BCUT2D eigenvalue weighted by Crippen LogP contribution is 2.19. The first kappa shape index (κ1) is 20.8. The molecule has 0 aromatic heterocycles. The van der Waals surface area contributed by atoms with E-state index in [1.165, 1.54) is 5.06 Å². The molecule has 0 aliphatic rings. The minimum atomic E-state index is -0.504. The Morgan fingerprint density at radius 2 is 1.42 bits per heavy atom. The van der Waals surface area contributed by atoms with Crippen LogP contribution in [0.2, 0.25) is 0 Å². The predicted octanol–water partition coefficient (Wildman–Crippen LogP) is 5.02. The maximum Gasteiger partial charge on any atom is 0.277 e. The molecule has 1 atom stereocenters. The zero-order valence-electron chi connectivity index (χ0n) is 17.2. The first-order valence-electron chi connectivity index (χ1n) is 10.4. The van der Waals surface area contributed by atoms with Crippen LogP contribution >= 0.6 is 0 Å². The van der Waals surface area contributed by atoms with Gasteiger partial charge in [0.05, 0.1) is 12.6 Å². The van der Waals surface area contributed by atoms with Crippen LogP contribution in [0.3, 0.4) is 0 Å². The van der Waals surface area contributed by atoms with E-state index in [0.29, 0.717) is 12.0 Å². The molecule has 0 bridgehead atoms. The van der Waals surface area contributed by atoms with Gasteiger partial charge in [0, 0.05) is 5.56 Å². The van der Waals surface area contributed by atoms with Gasteiger partial charge in [0.1, 0.15) is 6.61 Å². The Morgan fingerprint density at radius 1 is 0.774 bits per heavy atom. The van der Waals surface area contributed by atoms with Crippen molar-refractivity contribution in [3.8, 4) is 0 Å². The number of rotatable bonds is 8. The van der Waals surface area contributed by atoms with Gasteiger partial charge in [0.15, 0.2) is 0 Å². The molecule has 0 aliphatic carbocycles. The van der Waals surface area contributed by atoms with Crippen LogP contribution in [0, 0.1) is 0 Å². The number of aliphatic hydroxyl groups excluding tert-OH is 1. The minimum Gasteiger partial charge on any atom is -0.394 e. The van der Waals surface area contributed by atoms with Crippen LogP contribution < -0.4 is 0 Å². The molecule has 4 aromatic rings. The molecule has 0 radical (unpaired) electrons. The highest BCUT2D eigenvalue weighted by Gasteiger charge is 2.26. The quantitative estimate of drug-likeness (QED) is 0.414. The van der Waals surface area contributed by atoms with Crippen molar-refractivity contribution >= 4 is 16.7 Å². The van der Waals surface area contributed by atoms with E-state index in [1.807, 2.05) is 72.8 Å². The summed E-state index contributed by atoms with van der Waals surface area (Å²) in [5, 5.41) is 13.7. The molecule has 1 amide bonds. The van der Waals surface area contributed by atoms with Crippen molar-refractivity contribution in [1.82, 2.24) is 5.06 Å². The van der Waals surface area contributed by atoms with E-state index in [0.717, 1.165) is 21.9 Å². The number of hydrogen-bond acceptors (Lipinski definition) is 3. The fraction of sp³-hybridized carbons (Fsp3) is 0.148. The maximum atomic E-state index is 13.3. The minimum absolute atomic E-state index is 0.203. The van der Waals surface area contributed by atoms with Gasteiger partial charge in [-0.25, -0.2) is 5.06 Å². The highest BCUT2D eigenvalue weighted by molar-refractivity contribution is 5.93. The normalized spacial score (nSPS) is 11.9. The van der Waals surface area contributed by atoms with Gasteiger partial charge in [-0.2, -0.15) is 0 Å². The standard InChI is InChI=1S/C27H25NO3/c29-19-26(18-21-9-3-1-4-10-21)28(27(30)24-12-5-2-6-13-24)31-20-22-15-16-23-11-7-8-14-25(23)17-22/h1-17,26,29H,18-20H2. The van der Waals surface area contributed by atoms with E-state index in [1.54, 1.807) is 12.1 Å². The van der Waals surface area contributed by atoms with Crippen molar-refractivity contribution < 1.29 is 14.7 Å². The predicted molar refractivity (Wildman–Crippen MR) is 122 cm³/mol. The van der Waals surface area contributed by atoms with Gasteiger partial charge < -0.3 is 5.11 Å². The molecule has 1 N–H and O–H groups in total. The first-order chi connectivity index (χ1) is 15.2. The van der Waals surface area contributed by atoms with Crippen LogP contribution in [0.25, 0.3) is 10.8 Å². The molecule has 1 unspecified atom stereocenters. The molecule has 156 valence electrons. The lowest BCUT2D eigenvalue weighted by molar-refractivity contribution is -0.165. The van der Waals surface area contributed by atoms with Crippen molar-refractivity contribution in [3.05, 3.63) is 120 Å². The van der Waals surface area contributed by atoms with Crippen LogP contribution in [0.5, 0.6) is 0 Å². The molecular formula is C27H25NO3. The van der Waals surface area contributed by atoms with Crippen LogP contribution in [-0.2, 0) is 17.9 Å². The van der Waals surface area contributed by atoms with Gasteiger partial charge in [0.2, 0.25) is 0 Å². The summed E-state index contributed by atoms with van der Waals surface area (Å²) in [6.45, 7) is 0.0277. The van der Waals surface area contributed by atoms with Gasteiger partial charge in [-0.15, -0.1) is 0 Å². The van der Waals surface area contributed by atoms with Crippen molar-refractivity contribution in [2.75, 3.05) is 6.61 Å². The molecule has 0 saturated heterocycles. The number of carbonyl (C=O) groups is 1. The highest BCUT2D eigenvalue weighted by atomic mass is 16.7. The number of hydrogen-bond donors (Lipinski definition) is 1. The zero-order valence-corrected chi connectivity index (χ0v) is 17.2. The smallest absolute Gasteiger partial charge is 0.277 e. The number of benzene rings is 4. The monoisotopic (exact) mass is 411 g/mol. The third-order valence-electron chi connectivity index (χ3n) is 5.26. The number of aliphatic hydroxyl groups is 1. The molecule has 0 saturated carbocycles. The average molecular weight is 412 g/mol. The number of nitrogens with zero attached hydrogens (tertiary/aromatic N) is 1. The fourth-order valence-electron chi connectivity index (χ4n) is 3.62. The maximum absolute atomic E-state index is 13.3. The van der Waals surface area contributed by atoms with Gasteiger partial charge in [-0.1, -0.05) is 84.9 Å². The van der Waals surface area contributed by atoms with E-state index >= 15 is 0 Å². The van der Waals surface area contributed by atoms with E-state index in [9.17, 15) is 9.90 Å². The Labute approximate surface area is 182 Å². The van der Waals surface area contributed by atoms with E-state index < -0.39 is 6.04 Å². The van der Waals surface area contributed by atoms with E-state index in [2.05, 4.69) is 18.2 Å². The SMILES string of the molecule is O=C(c1ccccc1)N(OCc1ccc2ccccc2c1)C(CO)Cc1ccccc1. The molecule has 0 fully saturated rings. The zero-order chi connectivity index (χ0) is 21.5. The van der Waals surface area contributed by atoms with Crippen LogP contribution in [0.1, 0.15) is 21.5 Å². The Bertz CT molecular complexity index is 1130. The molecule has 4 aromatic carbocycles. The second-order valence-corrected chi connectivity index (χ2v) is 7.48. The first-order valence-corrected chi connectivity index (χ1v) is 10.4. The second kappa shape index (κ2) is 10.0. The number of carbonyl (C=O) groups excluding carboxylic acids is 1. The summed E-state index contributed by atoms with van der Waals surface area (Å²) in [5.41, 5.74) is 2.51. The number of amides is 1. The number of hydroxylamine groups is 2.